The van der Waals surface area contributed by atoms with E-state index in [0.29, 0.717) is 0 Å². The lowest BCUT2D eigenvalue weighted by molar-refractivity contribution is -0.384. The van der Waals surface area contributed by atoms with Gasteiger partial charge in [-0.2, -0.15) is 0 Å². The maximum absolute atomic E-state index is 10.5. The molecule has 17 heavy (non-hydrogen) atoms. The van der Waals surface area contributed by atoms with E-state index in [1.165, 1.54) is 0 Å². The van der Waals surface area contributed by atoms with Gasteiger partial charge in [0, 0.05) is 31.8 Å². The first-order valence-electron chi connectivity index (χ1n) is 5.72. The number of morpholine rings is 1. The predicted octanol–water partition coefficient (Wildman–Crippen LogP) is 1.82. The van der Waals surface area contributed by atoms with Crippen LogP contribution in [0.5, 0.6) is 0 Å². The van der Waals surface area contributed by atoms with Crippen molar-refractivity contribution in [1.29, 1.82) is 0 Å². The summed E-state index contributed by atoms with van der Waals surface area (Å²) in [5.74, 6) is 0. The highest BCUT2D eigenvalue weighted by Gasteiger charge is 2.16. The van der Waals surface area contributed by atoms with E-state index >= 15 is 0 Å². The minimum absolute atomic E-state index is 0.143. The molecule has 0 bridgehead atoms. The zero-order valence-electron chi connectivity index (χ0n) is 9.83. The molecule has 1 aliphatic heterocycles. The number of nitro groups is 1. The van der Waals surface area contributed by atoms with E-state index < -0.39 is 0 Å². The first-order chi connectivity index (χ1) is 8.15. The van der Waals surface area contributed by atoms with E-state index in [2.05, 4.69) is 11.8 Å². The fourth-order valence-electron chi connectivity index (χ4n) is 2.02. The molecule has 1 aliphatic rings. The summed E-state index contributed by atoms with van der Waals surface area (Å²) in [5.41, 5.74) is 1.24. The van der Waals surface area contributed by atoms with E-state index in [0.717, 1.165) is 31.8 Å². The Morgan fingerprint density at radius 2 is 2.18 bits per heavy atom. The number of hydrogen-bond donors (Lipinski definition) is 0. The lowest BCUT2D eigenvalue weighted by Gasteiger charge is -2.31. The average Bonchev–Trinajstić information content (AvgIpc) is 2.29. The molecule has 0 amide bonds. The summed E-state index contributed by atoms with van der Waals surface area (Å²) >= 11 is 0. The van der Waals surface area contributed by atoms with Crippen LogP contribution in [0.4, 0.5) is 5.69 Å². The summed E-state index contributed by atoms with van der Waals surface area (Å²) in [4.78, 5) is 12.5. The molecule has 1 heterocycles. The molecule has 5 heteroatoms. The molecule has 1 unspecified atom stereocenters. The predicted molar refractivity (Wildman–Crippen MR) is 63.8 cm³/mol. The van der Waals surface area contributed by atoms with Crippen LogP contribution in [-0.4, -0.2) is 35.6 Å². The molecular formula is C12H16N2O3. The van der Waals surface area contributed by atoms with Crippen molar-refractivity contribution in [3.8, 4) is 0 Å². The summed E-state index contributed by atoms with van der Waals surface area (Å²) in [7, 11) is 0. The normalized spacial score (nSPS) is 21.4. The van der Waals surface area contributed by atoms with Crippen molar-refractivity contribution >= 4 is 5.69 Å². The Morgan fingerprint density at radius 1 is 1.47 bits per heavy atom. The van der Waals surface area contributed by atoms with Crippen LogP contribution in [0.3, 0.4) is 0 Å². The monoisotopic (exact) mass is 236 g/mol. The van der Waals surface area contributed by atoms with Crippen molar-refractivity contribution in [1.82, 2.24) is 4.90 Å². The lowest BCUT2D eigenvalue weighted by Crippen LogP contribution is -2.40. The van der Waals surface area contributed by atoms with Crippen molar-refractivity contribution in [2.75, 3.05) is 19.7 Å². The van der Waals surface area contributed by atoms with Crippen LogP contribution >= 0.6 is 0 Å². The number of non-ortho nitro benzene ring substituents is 1. The summed E-state index contributed by atoms with van der Waals surface area (Å²) in [6.07, 6.45) is 0.266. The molecule has 0 N–H and O–H groups in total. The minimum Gasteiger partial charge on any atom is -0.376 e. The standard InChI is InChI=1S/C12H16N2O3/c1-10-8-13(6-7-17-10)9-11-2-4-12(5-3-11)14(15)16/h2-5,10H,6-9H2,1H3. The molecule has 1 fully saturated rings. The highest BCUT2D eigenvalue weighted by molar-refractivity contribution is 5.32. The van der Waals surface area contributed by atoms with Gasteiger partial charge in [-0.3, -0.25) is 15.0 Å². The Labute approximate surface area is 100 Å². The van der Waals surface area contributed by atoms with Crippen molar-refractivity contribution in [3.05, 3.63) is 39.9 Å². The number of nitro benzene ring substituents is 1. The molecule has 0 spiro atoms. The van der Waals surface area contributed by atoms with E-state index in [-0.39, 0.29) is 16.7 Å². The van der Waals surface area contributed by atoms with Crippen LogP contribution in [0.25, 0.3) is 0 Å². The lowest BCUT2D eigenvalue weighted by atomic mass is 10.2. The van der Waals surface area contributed by atoms with Gasteiger partial charge in [-0.25, -0.2) is 0 Å². The maximum atomic E-state index is 10.5. The summed E-state index contributed by atoms with van der Waals surface area (Å²) in [6.45, 7) is 5.47. The number of benzene rings is 1. The van der Waals surface area contributed by atoms with Crippen LogP contribution in [0.15, 0.2) is 24.3 Å². The van der Waals surface area contributed by atoms with Crippen molar-refractivity contribution < 1.29 is 9.66 Å². The second-order valence-corrected chi connectivity index (χ2v) is 4.34. The van der Waals surface area contributed by atoms with Crippen LogP contribution in [-0.2, 0) is 11.3 Å². The number of nitrogens with zero attached hydrogens (tertiary/aromatic N) is 2. The highest BCUT2D eigenvalue weighted by Crippen LogP contribution is 2.14. The maximum Gasteiger partial charge on any atom is 0.269 e. The molecule has 1 atom stereocenters. The Hall–Kier alpha value is -1.46. The second-order valence-electron chi connectivity index (χ2n) is 4.34. The first kappa shape index (κ1) is 12.0. The second kappa shape index (κ2) is 5.25. The van der Waals surface area contributed by atoms with Gasteiger partial charge in [0.25, 0.3) is 5.69 Å². The highest BCUT2D eigenvalue weighted by atomic mass is 16.6. The van der Waals surface area contributed by atoms with E-state index in [1.807, 2.05) is 12.1 Å². The van der Waals surface area contributed by atoms with Gasteiger partial charge in [-0.1, -0.05) is 12.1 Å². The van der Waals surface area contributed by atoms with E-state index in [9.17, 15) is 10.1 Å². The van der Waals surface area contributed by atoms with Gasteiger partial charge in [-0.15, -0.1) is 0 Å². The van der Waals surface area contributed by atoms with Crippen LogP contribution in [0.2, 0.25) is 0 Å². The van der Waals surface area contributed by atoms with Gasteiger partial charge in [0.15, 0.2) is 0 Å². The molecule has 0 saturated carbocycles. The minimum atomic E-state index is -0.374. The third-order valence-corrected chi connectivity index (χ3v) is 2.88. The van der Waals surface area contributed by atoms with Gasteiger partial charge in [0.2, 0.25) is 0 Å². The SMILES string of the molecule is CC1CN(Cc2ccc([N+](=O)[O-])cc2)CCO1. The Balaban J connectivity index is 1.96. The van der Waals surface area contributed by atoms with Gasteiger partial charge >= 0.3 is 0 Å². The van der Waals surface area contributed by atoms with E-state index in [4.69, 9.17) is 4.74 Å². The first-order valence-corrected chi connectivity index (χ1v) is 5.72. The zero-order chi connectivity index (χ0) is 12.3. The molecule has 1 aromatic carbocycles. The quantitative estimate of drug-likeness (QED) is 0.593. The summed E-state index contributed by atoms with van der Waals surface area (Å²) in [5, 5.41) is 10.5. The largest absolute Gasteiger partial charge is 0.376 e. The average molecular weight is 236 g/mol. The molecule has 5 nitrogen and oxygen atoms in total. The Morgan fingerprint density at radius 3 is 2.76 bits per heavy atom. The number of hydrogen-bond acceptors (Lipinski definition) is 4. The topological polar surface area (TPSA) is 55.6 Å². The molecule has 1 aromatic rings. The zero-order valence-corrected chi connectivity index (χ0v) is 9.83. The van der Waals surface area contributed by atoms with Crippen molar-refractivity contribution in [2.24, 2.45) is 0 Å². The fraction of sp³-hybridized carbons (Fsp3) is 0.500. The molecule has 0 aromatic heterocycles. The van der Waals surface area contributed by atoms with Crippen molar-refractivity contribution in [3.63, 3.8) is 0 Å². The third kappa shape index (κ3) is 3.25. The van der Waals surface area contributed by atoms with Crippen molar-refractivity contribution in [2.45, 2.75) is 19.6 Å². The van der Waals surface area contributed by atoms with Gasteiger partial charge in [0.1, 0.15) is 0 Å². The molecule has 1 saturated heterocycles. The smallest absolute Gasteiger partial charge is 0.269 e. The van der Waals surface area contributed by atoms with Gasteiger partial charge < -0.3 is 4.74 Å². The Bertz CT molecular complexity index is 391. The van der Waals surface area contributed by atoms with E-state index in [1.54, 1.807) is 12.1 Å². The molecule has 0 aliphatic carbocycles. The van der Waals surface area contributed by atoms with Crippen LogP contribution in [0, 0.1) is 10.1 Å². The molecule has 92 valence electrons. The molecule has 0 radical (unpaired) electrons. The molecule has 2 rings (SSSR count). The van der Waals surface area contributed by atoms with Crippen LogP contribution < -0.4 is 0 Å². The fourth-order valence-corrected chi connectivity index (χ4v) is 2.02. The molecular weight excluding hydrogens is 220 g/mol. The third-order valence-electron chi connectivity index (χ3n) is 2.88. The van der Waals surface area contributed by atoms with Gasteiger partial charge in [-0.05, 0) is 12.5 Å². The summed E-state index contributed by atoms with van der Waals surface area (Å²) < 4.78 is 5.47. The number of rotatable bonds is 3. The van der Waals surface area contributed by atoms with Crippen LogP contribution in [0.1, 0.15) is 12.5 Å². The number of ether oxygens (including phenoxy) is 1. The van der Waals surface area contributed by atoms with Gasteiger partial charge in [0.05, 0.1) is 17.6 Å². The summed E-state index contributed by atoms with van der Waals surface area (Å²) in [6, 6.07) is 6.74. The Kier molecular flexibility index (Phi) is 3.71.